The summed E-state index contributed by atoms with van der Waals surface area (Å²) in [6, 6.07) is 14.0. The molecule has 0 aliphatic rings. The van der Waals surface area contributed by atoms with Crippen LogP contribution in [0.2, 0.25) is 0 Å². The van der Waals surface area contributed by atoms with Crippen molar-refractivity contribution in [1.82, 2.24) is 0 Å². The lowest BCUT2D eigenvalue weighted by atomic mass is 9.77. The lowest BCUT2D eigenvalue weighted by Crippen LogP contribution is -2.26. The Balaban J connectivity index is 1.86. The van der Waals surface area contributed by atoms with Gasteiger partial charge in [-0.25, -0.2) is 26.3 Å². The number of Topliss-reactive ketones (excluding diaryl/α,β-unsaturated/α-hetero) is 1. The summed E-state index contributed by atoms with van der Waals surface area (Å²) in [6.45, 7) is 0. The van der Waals surface area contributed by atoms with E-state index in [0.717, 1.165) is 24.3 Å². The van der Waals surface area contributed by atoms with Crippen molar-refractivity contribution in [3.63, 3.8) is 0 Å². The van der Waals surface area contributed by atoms with E-state index < -0.39 is 52.5 Å². The van der Waals surface area contributed by atoms with Crippen LogP contribution >= 0.6 is 45.2 Å². The summed E-state index contributed by atoms with van der Waals surface area (Å²) in [7, 11) is 0. The zero-order valence-electron chi connectivity index (χ0n) is 19.4. The van der Waals surface area contributed by atoms with Crippen LogP contribution in [-0.2, 0) is 17.6 Å². The highest BCUT2D eigenvalue weighted by Crippen LogP contribution is 2.36. The molecule has 0 amide bonds. The van der Waals surface area contributed by atoms with E-state index in [4.69, 9.17) is 0 Å². The van der Waals surface area contributed by atoms with E-state index in [1.807, 2.05) is 45.2 Å². The van der Waals surface area contributed by atoms with Crippen molar-refractivity contribution in [2.75, 3.05) is 0 Å². The number of hydrogen-bond donors (Lipinski definition) is 0. The third-order valence-electron chi connectivity index (χ3n) is 6.24. The molecule has 0 N–H and O–H groups in total. The Morgan fingerprint density at radius 2 is 0.947 bits per heavy atom. The molecule has 0 saturated carbocycles. The third kappa shape index (κ3) is 6.59. The molecule has 0 bridgehead atoms. The van der Waals surface area contributed by atoms with Gasteiger partial charge in [0.05, 0.1) is 11.8 Å². The van der Waals surface area contributed by atoms with E-state index >= 15 is 8.78 Å². The first-order valence-corrected chi connectivity index (χ1v) is 13.5. The van der Waals surface area contributed by atoms with E-state index in [1.54, 1.807) is 12.1 Å². The standard InChI is InChI=1S/C29H18F6I2O/c30-17-3-1-15(25(32)11-17)9-23(21-7-5-19(36)13-27(21)34)29(38)24(22-8-6-20(37)14-28(22)35)10-16-2-4-18(31)12-26(16)33/h1-8,11-14,23-24H,9-10H2. The molecule has 0 spiro atoms. The number of halogens is 8. The van der Waals surface area contributed by atoms with Crippen molar-refractivity contribution in [2.45, 2.75) is 24.7 Å². The van der Waals surface area contributed by atoms with Crippen LogP contribution in [0.25, 0.3) is 0 Å². The Bertz CT molecular complexity index is 1400. The zero-order chi connectivity index (χ0) is 27.6. The summed E-state index contributed by atoms with van der Waals surface area (Å²) in [4.78, 5) is 14.2. The number of carbonyl (C=O) groups excluding carboxylic acids is 1. The highest BCUT2D eigenvalue weighted by Gasteiger charge is 2.34. The first kappa shape index (κ1) is 28.6. The summed E-state index contributed by atoms with van der Waals surface area (Å²) in [6.07, 6.45) is -0.701. The van der Waals surface area contributed by atoms with Crippen molar-refractivity contribution < 1.29 is 31.1 Å². The van der Waals surface area contributed by atoms with E-state index in [1.165, 1.54) is 24.3 Å². The summed E-state index contributed by atoms with van der Waals surface area (Å²) >= 11 is 3.80. The number of benzene rings is 4. The molecule has 0 aliphatic heterocycles. The molecule has 1 nitrogen and oxygen atoms in total. The van der Waals surface area contributed by atoms with Gasteiger partial charge in [-0.3, -0.25) is 4.79 Å². The molecule has 0 aliphatic carbocycles. The van der Waals surface area contributed by atoms with Gasteiger partial charge >= 0.3 is 0 Å². The molecule has 0 aromatic heterocycles. The van der Waals surface area contributed by atoms with Gasteiger partial charge in [0, 0.05) is 19.3 Å². The van der Waals surface area contributed by atoms with Crippen LogP contribution in [0.3, 0.4) is 0 Å². The first-order valence-electron chi connectivity index (χ1n) is 11.3. The van der Waals surface area contributed by atoms with Crippen LogP contribution in [0.1, 0.15) is 34.1 Å². The van der Waals surface area contributed by atoms with Gasteiger partial charge in [-0.05, 0) is 117 Å². The number of carbonyl (C=O) groups is 1. The minimum Gasteiger partial charge on any atom is -0.298 e. The van der Waals surface area contributed by atoms with Gasteiger partial charge in [0.1, 0.15) is 40.7 Å². The van der Waals surface area contributed by atoms with E-state index in [9.17, 15) is 22.4 Å². The fourth-order valence-corrected chi connectivity index (χ4v) is 5.26. The largest absolute Gasteiger partial charge is 0.298 e. The maximum absolute atomic E-state index is 15.2. The van der Waals surface area contributed by atoms with Crippen molar-refractivity contribution in [2.24, 2.45) is 0 Å². The maximum Gasteiger partial charge on any atom is 0.148 e. The van der Waals surface area contributed by atoms with Gasteiger partial charge in [0.2, 0.25) is 0 Å². The predicted octanol–water partition coefficient (Wildman–Crippen LogP) is 8.65. The summed E-state index contributed by atoms with van der Waals surface area (Å²) in [5, 5.41) is 0. The van der Waals surface area contributed by atoms with Crippen molar-refractivity contribution in [3.05, 3.63) is 137 Å². The minimum absolute atomic E-state index is 0.0440. The molecule has 0 heterocycles. The van der Waals surface area contributed by atoms with Gasteiger partial charge in [-0.2, -0.15) is 0 Å². The molecule has 0 radical (unpaired) electrons. The van der Waals surface area contributed by atoms with E-state index in [0.29, 0.717) is 19.3 Å². The Morgan fingerprint density at radius 1 is 0.553 bits per heavy atom. The van der Waals surface area contributed by atoms with Gasteiger partial charge < -0.3 is 0 Å². The molecule has 2 atom stereocenters. The van der Waals surface area contributed by atoms with Gasteiger partial charge in [0.25, 0.3) is 0 Å². The first-order chi connectivity index (χ1) is 18.0. The average molecular weight is 750 g/mol. The third-order valence-corrected chi connectivity index (χ3v) is 7.58. The summed E-state index contributed by atoms with van der Waals surface area (Å²) < 4.78 is 87.8. The van der Waals surface area contributed by atoms with Crippen molar-refractivity contribution in [3.8, 4) is 0 Å². The number of rotatable bonds is 8. The molecule has 4 rings (SSSR count). The maximum atomic E-state index is 15.2. The molecule has 0 fully saturated rings. The highest BCUT2D eigenvalue weighted by atomic mass is 127. The summed E-state index contributed by atoms with van der Waals surface area (Å²) in [5.41, 5.74) is -0.209. The van der Waals surface area contributed by atoms with Gasteiger partial charge in [0.15, 0.2) is 0 Å². The number of ketones is 1. The van der Waals surface area contributed by atoms with E-state index in [-0.39, 0.29) is 35.1 Å². The van der Waals surface area contributed by atoms with Crippen molar-refractivity contribution >= 4 is 51.0 Å². The monoisotopic (exact) mass is 750 g/mol. The van der Waals surface area contributed by atoms with Gasteiger partial charge in [-0.15, -0.1) is 0 Å². The molecular weight excluding hydrogens is 732 g/mol. The second kappa shape index (κ2) is 12.2. The normalized spacial score (nSPS) is 12.8. The van der Waals surface area contributed by atoms with E-state index in [2.05, 4.69) is 0 Å². The fraction of sp³-hybridized carbons (Fsp3) is 0.138. The van der Waals surface area contributed by atoms with Gasteiger partial charge in [-0.1, -0.05) is 24.3 Å². The fourth-order valence-electron chi connectivity index (χ4n) is 4.35. The lowest BCUT2D eigenvalue weighted by Gasteiger charge is -2.25. The minimum atomic E-state index is -1.32. The molecule has 2 unspecified atom stereocenters. The lowest BCUT2D eigenvalue weighted by molar-refractivity contribution is -0.122. The van der Waals surface area contributed by atoms with Crippen LogP contribution < -0.4 is 0 Å². The molecule has 4 aromatic rings. The zero-order valence-corrected chi connectivity index (χ0v) is 23.7. The van der Waals surface area contributed by atoms with Crippen LogP contribution in [-0.4, -0.2) is 5.78 Å². The Kier molecular flexibility index (Phi) is 9.17. The number of hydrogen-bond acceptors (Lipinski definition) is 1. The Morgan fingerprint density at radius 3 is 1.29 bits per heavy atom. The topological polar surface area (TPSA) is 17.1 Å². The molecule has 38 heavy (non-hydrogen) atoms. The Labute approximate surface area is 242 Å². The van der Waals surface area contributed by atoms with Crippen molar-refractivity contribution in [1.29, 1.82) is 0 Å². The molecule has 4 aromatic carbocycles. The molecule has 196 valence electrons. The van der Waals surface area contributed by atoms with Crippen LogP contribution in [0.4, 0.5) is 26.3 Å². The predicted molar refractivity (Wildman–Crippen MR) is 149 cm³/mol. The van der Waals surface area contributed by atoms with Crippen LogP contribution in [0, 0.1) is 42.0 Å². The second-order valence-corrected chi connectivity index (χ2v) is 11.2. The average Bonchev–Trinajstić information content (AvgIpc) is 2.84. The SMILES string of the molecule is O=C(C(Cc1ccc(F)cc1F)c1ccc(I)cc1F)C(Cc1ccc(F)cc1F)c1ccc(I)cc1F. The highest BCUT2D eigenvalue weighted by molar-refractivity contribution is 14.1. The smallest absolute Gasteiger partial charge is 0.148 e. The second-order valence-electron chi connectivity index (χ2n) is 8.72. The quantitative estimate of drug-likeness (QED) is 0.130. The Hall–Kier alpha value is -2.41. The molecule has 0 saturated heterocycles. The molecule has 9 heteroatoms. The van der Waals surface area contributed by atoms with Crippen LogP contribution in [0.5, 0.6) is 0 Å². The molecular formula is C29H18F6I2O. The van der Waals surface area contributed by atoms with Crippen LogP contribution in [0.15, 0.2) is 72.8 Å². The summed E-state index contributed by atoms with van der Waals surface area (Å²) in [5.74, 6) is -8.28.